The summed E-state index contributed by atoms with van der Waals surface area (Å²) in [6, 6.07) is 5.31. The van der Waals surface area contributed by atoms with Gasteiger partial charge in [0.05, 0.1) is 0 Å². The van der Waals surface area contributed by atoms with Gasteiger partial charge in [-0.05, 0) is 18.2 Å². The van der Waals surface area contributed by atoms with Gasteiger partial charge in [0.15, 0.2) is 0 Å². The maximum Gasteiger partial charge on any atom is 0.254 e. The van der Waals surface area contributed by atoms with Gasteiger partial charge in [-0.1, -0.05) is 15.9 Å². The van der Waals surface area contributed by atoms with Crippen LogP contribution < -0.4 is 11.1 Å². The number of carbonyl (C=O) groups is 1. The lowest BCUT2D eigenvalue weighted by Gasteiger charge is -2.27. The smallest absolute Gasteiger partial charge is 0.254 e. The maximum absolute atomic E-state index is 12.1. The van der Waals surface area contributed by atoms with E-state index >= 15 is 0 Å². The van der Waals surface area contributed by atoms with E-state index in [1.165, 1.54) is 0 Å². The fourth-order valence-corrected chi connectivity index (χ4v) is 2.30. The van der Waals surface area contributed by atoms with Crippen LogP contribution in [0.1, 0.15) is 10.4 Å². The molecule has 0 radical (unpaired) electrons. The molecule has 0 spiro atoms. The Labute approximate surface area is 103 Å². The molecule has 86 valence electrons. The molecule has 1 heterocycles. The summed E-state index contributed by atoms with van der Waals surface area (Å²) < 4.78 is 0.839. The Balaban J connectivity index is 2.19. The fraction of sp³-hybridized carbons (Fsp3) is 0.364. The normalized spacial score (nSPS) is 16.2. The molecule has 0 atom stereocenters. The van der Waals surface area contributed by atoms with Crippen LogP contribution >= 0.6 is 15.9 Å². The van der Waals surface area contributed by atoms with Crippen molar-refractivity contribution in [3.05, 3.63) is 28.2 Å². The van der Waals surface area contributed by atoms with E-state index in [0.29, 0.717) is 11.3 Å². The van der Waals surface area contributed by atoms with Crippen molar-refractivity contribution < 1.29 is 4.79 Å². The number of nitrogens with one attached hydrogen (secondary N) is 1. The number of nitrogen functional groups attached to an aromatic ring is 1. The number of hydrogen-bond acceptors (Lipinski definition) is 3. The van der Waals surface area contributed by atoms with Crippen molar-refractivity contribution in [2.24, 2.45) is 0 Å². The number of piperazine rings is 1. The summed E-state index contributed by atoms with van der Waals surface area (Å²) in [5.41, 5.74) is 6.97. The Kier molecular flexibility index (Phi) is 3.46. The van der Waals surface area contributed by atoms with Crippen molar-refractivity contribution in [1.82, 2.24) is 10.2 Å². The van der Waals surface area contributed by atoms with Crippen LogP contribution in [0, 0.1) is 0 Å². The molecule has 4 nitrogen and oxygen atoms in total. The zero-order chi connectivity index (χ0) is 11.5. The van der Waals surface area contributed by atoms with Crippen LogP contribution in [0.4, 0.5) is 5.69 Å². The van der Waals surface area contributed by atoms with E-state index in [4.69, 9.17) is 5.73 Å². The lowest BCUT2D eigenvalue weighted by molar-refractivity contribution is 0.0736. The monoisotopic (exact) mass is 283 g/mol. The molecule has 1 aliphatic rings. The lowest BCUT2D eigenvalue weighted by Crippen LogP contribution is -2.46. The summed E-state index contributed by atoms with van der Waals surface area (Å²) in [7, 11) is 0. The number of nitrogens with zero attached hydrogens (tertiary/aromatic N) is 1. The highest BCUT2D eigenvalue weighted by Gasteiger charge is 2.18. The molecular weight excluding hydrogens is 270 g/mol. The number of hydrogen-bond donors (Lipinski definition) is 2. The Morgan fingerprint density at radius 2 is 2.00 bits per heavy atom. The minimum atomic E-state index is 0.0505. The molecule has 1 aromatic rings. The Bertz CT molecular complexity index is 382. The first-order valence-corrected chi connectivity index (χ1v) is 6.02. The summed E-state index contributed by atoms with van der Waals surface area (Å²) in [5, 5.41) is 3.22. The summed E-state index contributed by atoms with van der Waals surface area (Å²) in [4.78, 5) is 14.0. The molecule has 0 bridgehead atoms. The third kappa shape index (κ3) is 2.54. The van der Waals surface area contributed by atoms with E-state index in [2.05, 4.69) is 21.2 Å². The summed E-state index contributed by atoms with van der Waals surface area (Å²) in [6.07, 6.45) is 0. The van der Waals surface area contributed by atoms with Gasteiger partial charge >= 0.3 is 0 Å². The van der Waals surface area contributed by atoms with Crippen LogP contribution in [0.15, 0.2) is 22.7 Å². The van der Waals surface area contributed by atoms with E-state index in [1.807, 2.05) is 4.90 Å². The quantitative estimate of drug-likeness (QED) is 0.759. The minimum absolute atomic E-state index is 0.0505. The second-order valence-electron chi connectivity index (χ2n) is 3.82. The van der Waals surface area contributed by atoms with E-state index < -0.39 is 0 Å². The predicted octanol–water partition coefficient (Wildman–Crippen LogP) is 1.08. The maximum atomic E-state index is 12.1. The summed E-state index contributed by atoms with van der Waals surface area (Å²) >= 11 is 3.34. The second-order valence-corrected chi connectivity index (χ2v) is 4.73. The molecule has 0 aromatic heterocycles. The molecule has 2 rings (SSSR count). The first-order valence-electron chi connectivity index (χ1n) is 5.23. The average molecular weight is 284 g/mol. The summed E-state index contributed by atoms with van der Waals surface area (Å²) in [6.45, 7) is 3.22. The molecule has 0 saturated carbocycles. The Hall–Kier alpha value is -1.07. The predicted molar refractivity (Wildman–Crippen MR) is 67.3 cm³/mol. The fourth-order valence-electron chi connectivity index (χ4n) is 1.79. The highest BCUT2D eigenvalue weighted by Crippen LogP contribution is 2.18. The molecule has 1 saturated heterocycles. The van der Waals surface area contributed by atoms with Crippen molar-refractivity contribution in [3.63, 3.8) is 0 Å². The van der Waals surface area contributed by atoms with Crippen molar-refractivity contribution in [2.75, 3.05) is 31.9 Å². The molecular formula is C11H14BrN3O. The van der Waals surface area contributed by atoms with Crippen LogP contribution in [-0.2, 0) is 0 Å². The van der Waals surface area contributed by atoms with Gasteiger partial charge in [-0.15, -0.1) is 0 Å². The standard InChI is InChI=1S/C11H14BrN3O/c12-9-5-8(6-10(13)7-9)11(16)15-3-1-14-2-4-15/h5-7,14H,1-4,13H2. The van der Waals surface area contributed by atoms with Gasteiger partial charge in [-0.25, -0.2) is 0 Å². The SMILES string of the molecule is Nc1cc(Br)cc(C(=O)N2CCNCC2)c1. The summed E-state index contributed by atoms with van der Waals surface area (Å²) in [5.74, 6) is 0.0505. The molecule has 1 aromatic carbocycles. The van der Waals surface area contributed by atoms with E-state index in [9.17, 15) is 4.79 Å². The van der Waals surface area contributed by atoms with E-state index in [1.54, 1.807) is 18.2 Å². The zero-order valence-electron chi connectivity index (χ0n) is 8.87. The number of anilines is 1. The van der Waals surface area contributed by atoms with Crippen molar-refractivity contribution in [3.8, 4) is 0 Å². The van der Waals surface area contributed by atoms with Crippen molar-refractivity contribution in [2.45, 2.75) is 0 Å². The van der Waals surface area contributed by atoms with E-state index in [-0.39, 0.29) is 5.91 Å². The van der Waals surface area contributed by atoms with Crippen LogP contribution in [0.2, 0.25) is 0 Å². The number of nitrogens with two attached hydrogens (primary N) is 1. The molecule has 3 N–H and O–H groups in total. The number of amides is 1. The molecule has 0 unspecified atom stereocenters. The van der Waals surface area contributed by atoms with Gasteiger partial charge in [0.1, 0.15) is 0 Å². The number of rotatable bonds is 1. The van der Waals surface area contributed by atoms with Gasteiger partial charge < -0.3 is 16.0 Å². The van der Waals surface area contributed by atoms with Gasteiger partial charge in [0.2, 0.25) is 0 Å². The molecule has 1 aliphatic heterocycles. The zero-order valence-corrected chi connectivity index (χ0v) is 10.5. The Morgan fingerprint density at radius 3 is 2.62 bits per heavy atom. The third-order valence-corrected chi connectivity index (χ3v) is 3.03. The second kappa shape index (κ2) is 4.84. The largest absolute Gasteiger partial charge is 0.399 e. The number of carbonyl (C=O) groups excluding carboxylic acids is 1. The number of benzene rings is 1. The van der Waals surface area contributed by atoms with Crippen molar-refractivity contribution >= 4 is 27.5 Å². The number of halogens is 1. The molecule has 0 aliphatic carbocycles. The molecule has 1 amide bonds. The first kappa shape index (κ1) is 11.4. The molecule has 5 heteroatoms. The van der Waals surface area contributed by atoms with Crippen LogP contribution in [0.5, 0.6) is 0 Å². The topological polar surface area (TPSA) is 58.4 Å². The van der Waals surface area contributed by atoms with Gasteiger partial charge in [0.25, 0.3) is 5.91 Å². The highest BCUT2D eigenvalue weighted by atomic mass is 79.9. The van der Waals surface area contributed by atoms with Gasteiger partial charge in [0, 0.05) is 41.9 Å². The van der Waals surface area contributed by atoms with Crippen LogP contribution in [-0.4, -0.2) is 37.0 Å². The lowest BCUT2D eigenvalue weighted by atomic mass is 10.1. The van der Waals surface area contributed by atoms with Crippen molar-refractivity contribution in [1.29, 1.82) is 0 Å². The highest BCUT2D eigenvalue weighted by molar-refractivity contribution is 9.10. The van der Waals surface area contributed by atoms with Gasteiger partial charge in [-0.3, -0.25) is 4.79 Å². The van der Waals surface area contributed by atoms with Crippen LogP contribution in [0.25, 0.3) is 0 Å². The van der Waals surface area contributed by atoms with Crippen LogP contribution in [0.3, 0.4) is 0 Å². The average Bonchev–Trinajstić information content (AvgIpc) is 2.28. The minimum Gasteiger partial charge on any atom is -0.399 e. The van der Waals surface area contributed by atoms with E-state index in [0.717, 1.165) is 30.7 Å². The van der Waals surface area contributed by atoms with Gasteiger partial charge in [-0.2, -0.15) is 0 Å². The third-order valence-electron chi connectivity index (χ3n) is 2.57. The molecule has 16 heavy (non-hydrogen) atoms. The Morgan fingerprint density at radius 1 is 1.31 bits per heavy atom. The molecule has 1 fully saturated rings. The first-order chi connectivity index (χ1) is 7.66.